The summed E-state index contributed by atoms with van der Waals surface area (Å²) < 4.78 is 26.3. The van der Waals surface area contributed by atoms with Crippen molar-refractivity contribution in [2.24, 2.45) is 11.3 Å². The van der Waals surface area contributed by atoms with Crippen LogP contribution in [-0.4, -0.2) is 55.0 Å². The normalized spacial score (nSPS) is 26.7. The van der Waals surface area contributed by atoms with E-state index in [0.29, 0.717) is 25.4 Å². The number of likely N-dealkylation sites (tertiary alicyclic amines) is 1. The lowest BCUT2D eigenvalue weighted by Gasteiger charge is -2.41. The minimum Gasteiger partial charge on any atom is -0.342 e. The Kier molecular flexibility index (Phi) is 4.76. The first-order valence-corrected chi connectivity index (χ1v) is 10.6. The van der Waals surface area contributed by atoms with Gasteiger partial charge in [0.2, 0.25) is 15.9 Å². The van der Waals surface area contributed by atoms with E-state index in [2.05, 4.69) is 4.90 Å². The molecule has 0 N–H and O–H groups in total. The first kappa shape index (κ1) is 17.2. The van der Waals surface area contributed by atoms with Crippen LogP contribution in [0.3, 0.4) is 0 Å². The average Bonchev–Trinajstić information content (AvgIpc) is 3.34. The molecule has 0 atom stereocenters. The molecule has 1 spiro atoms. The standard InChI is InChI=1S/C17H30N2O3S/c1-14(2)23(21,22)19-11-8-17(9-12-19)6-5-16(20)18(10-7-17)13-15-3-4-15/h14-15H,3-13H2,1-2H3. The van der Waals surface area contributed by atoms with Crippen molar-refractivity contribution in [3.05, 3.63) is 0 Å². The maximum atomic E-state index is 12.3. The highest BCUT2D eigenvalue weighted by Gasteiger charge is 2.41. The molecule has 0 radical (unpaired) electrons. The summed E-state index contributed by atoms with van der Waals surface area (Å²) in [5.41, 5.74) is 0.178. The van der Waals surface area contributed by atoms with Crippen molar-refractivity contribution < 1.29 is 13.2 Å². The Hall–Kier alpha value is -0.620. The van der Waals surface area contributed by atoms with E-state index < -0.39 is 10.0 Å². The first-order valence-electron chi connectivity index (χ1n) is 9.09. The number of carbonyl (C=O) groups is 1. The van der Waals surface area contributed by atoms with Gasteiger partial charge in [-0.25, -0.2) is 12.7 Å². The van der Waals surface area contributed by atoms with Gasteiger partial charge in [-0.2, -0.15) is 0 Å². The molecule has 5 nitrogen and oxygen atoms in total. The second kappa shape index (κ2) is 6.36. The largest absolute Gasteiger partial charge is 0.342 e. The van der Waals surface area contributed by atoms with Gasteiger partial charge in [-0.1, -0.05) is 0 Å². The summed E-state index contributed by atoms with van der Waals surface area (Å²) in [6, 6.07) is 0. The second-order valence-corrected chi connectivity index (χ2v) is 10.5. The van der Waals surface area contributed by atoms with Crippen molar-refractivity contribution >= 4 is 15.9 Å². The molecular weight excluding hydrogens is 312 g/mol. The van der Waals surface area contributed by atoms with E-state index in [1.165, 1.54) is 12.8 Å². The Morgan fingerprint density at radius 2 is 1.70 bits per heavy atom. The molecule has 6 heteroatoms. The fourth-order valence-corrected chi connectivity index (χ4v) is 5.26. The number of hydrogen-bond donors (Lipinski definition) is 0. The van der Waals surface area contributed by atoms with E-state index in [-0.39, 0.29) is 10.7 Å². The van der Waals surface area contributed by atoms with Crippen molar-refractivity contribution in [2.75, 3.05) is 26.2 Å². The number of hydrogen-bond acceptors (Lipinski definition) is 3. The van der Waals surface area contributed by atoms with Crippen LogP contribution in [0.25, 0.3) is 0 Å². The highest BCUT2D eigenvalue weighted by molar-refractivity contribution is 7.89. The van der Waals surface area contributed by atoms with Crippen LogP contribution < -0.4 is 0 Å². The highest BCUT2D eigenvalue weighted by atomic mass is 32.2. The molecule has 23 heavy (non-hydrogen) atoms. The van der Waals surface area contributed by atoms with Gasteiger partial charge >= 0.3 is 0 Å². The smallest absolute Gasteiger partial charge is 0.222 e. The van der Waals surface area contributed by atoms with E-state index in [0.717, 1.165) is 44.7 Å². The van der Waals surface area contributed by atoms with Gasteiger partial charge in [-0.05, 0) is 63.7 Å². The SMILES string of the molecule is CC(C)S(=O)(=O)N1CCC2(CCC(=O)N(CC3CC3)CC2)CC1. The molecule has 0 aromatic heterocycles. The lowest BCUT2D eigenvalue weighted by atomic mass is 9.73. The maximum absolute atomic E-state index is 12.3. The topological polar surface area (TPSA) is 57.7 Å². The molecule has 0 aromatic rings. The first-order chi connectivity index (χ1) is 10.8. The van der Waals surface area contributed by atoms with Crippen LogP contribution >= 0.6 is 0 Å². The maximum Gasteiger partial charge on any atom is 0.222 e. The Morgan fingerprint density at radius 3 is 2.26 bits per heavy atom. The molecule has 3 aliphatic rings. The van der Waals surface area contributed by atoms with E-state index >= 15 is 0 Å². The van der Waals surface area contributed by atoms with Gasteiger partial charge in [0.1, 0.15) is 0 Å². The number of amides is 1. The molecular formula is C17H30N2O3S. The summed E-state index contributed by atoms with van der Waals surface area (Å²) in [5.74, 6) is 1.05. The molecule has 1 amide bonds. The summed E-state index contributed by atoms with van der Waals surface area (Å²) in [5, 5.41) is -0.346. The molecule has 3 rings (SSSR count). The monoisotopic (exact) mass is 342 g/mol. The van der Waals surface area contributed by atoms with Crippen LogP contribution in [0.2, 0.25) is 0 Å². The zero-order valence-electron chi connectivity index (χ0n) is 14.5. The predicted molar refractivity (Wildman–Crippen MR) is 90.5 cm³/mol. The highest BCUT2D eigenvalue weighted by Crippen LogP contribution is 2.43. The number of rotatable bonds is 4. The van der Waals surface area contributed by atoms with Crippen LogP contribution in [0.15, 0.2) is 0 Å². The summed E-state index contributed by atoms with van der Waals surface area (Å²) >= 11 is 0. The molecule has 132 valence electrons. The number of nitrogens with zero attached hydrogens (tertiary/aromatic N) is 2. The van der Waals surface area contributed by atoms with Crippen molar-refractivity contribution in [2.45, 2.75) is 64.0 Å². The molecule has 2 saturated heterocycles. The van der Waals surface area contributed by atoms with Crippen LogP contribution in [0.4, 0.5) is 0 Å². The number of piperidine rings is 1. The lowest BCUT2D eigenvalue weighted by molar-refractivity contribution is -0.130. The van der Waals surface area contributed by atoms with Crippen molar-refractivity contribution in [1.82, 2.24) is 9.21 Å². The molecule has 2 heterocycles. The molecule has 3 fully saturated rings. The van der Waals surface area contributed by atoms with Crippen LogP contribution in [-0.2, 0) is 14.8 Å². The molecule has 0 unspecified atom stereocenters. The van der Waals surface area contributed by atoms with Gasteiger partial charge in [-0.3, -0.25) is 4.79 Å². The zero-order valence-corrected chi connectivity index (χ0v) is 15.3. The van der Waals surface area contributed by atoms with E-state index in [9.17, 15) is 13.2 Å². The zero-order chi connectivity index (χ0) is 16.7. The fraction of sp³-hybridized carbons (Fsp3) is 0.941. The molecule has 1 aliphatic carbocycles. The summed E-state index contributed by atoms with van der Waals surface area (Å²) in [4.78, 5) is 14.4. The van der Waals surface area contributed by atoms with Gasteiger partial charge in [0.05, 0.1) is 5.25 Å². The van der Waals surface area contributed by atoms with Gasteiger partial charge in [0, 0.05) is 32.6 Å². The average molecular weight is 343 g/mol. The van der Waals surface area contributed by atoms with Crippen LogP contribution in [0, 0.1) is 11.3 Å². The molecule has 0 bridgehead atoms. The van der Waals surface area contributed by atoms with Crippen LogP contribution in [0.1, 0.15) is 58.8 Å². The van der Waals surface area contributed by atoms with Gasteiger partial charge in [0.15, 0.2) is 0 Å². The predicted octanol–water partition coefficient (Wildman–Crippen LogP) is 2.23. The summed E-state index contributed by atoms with van der Waals surface area (Å²) in [7, 11) is -3.14. The Bertz CT molecular complexity index is 546. The van der Waals surface area contributed by atoms with Crippen molar-refractivity contribution in [1.29, 1.82) is 0 Å². The summed E-state index contributed by atoms with van der Waals surface area (Å²) in [6.45, 7) is 6.56. The molecule has 0 aromatic carbocycles. The third-order valence-corrected chi connectivity index (χ3v) is 8.32. The van der Waals surface area contributed by atoms with Crippen molar-refractivity contribution in [3.63, 3.8) is 0 Å². The Balaban J connectivity index is 1.60. The van der Waals surface area contributed by atoms with Gasteiger partial charge < -0.3 is 4.90 Å². The van der Waals surface area contributed by atoms with Gasteiger partial charge in [-0.15, -0.1) is 0 Å². The molecule has 2 aliphatic heterocycles. The van der Waals surface area contributed by atoms with Gasteiger partial charge in [0.25, 0.3) is 0 Å². The van der Waals surface area contributed by atoms with E-state index in [1.807, 2.05) is 0 Å². The lowest BCUT2D eigenvalue weighted by Crippen LogP contribution is -2.45. The Morgan fingerprint density at radius 1 is 1.09 bits per heavy atom. The number of carbonyl (C=O) groups excluding carboxylic acids is 1. The third kappa shape index (κ3) is 3.73. The van der Waals surface area contributed by atoms with Crippen LogP contribution in [0.5, 0.6) is 0 Å². The Labute approximate surface area is 140 Å². The van der Waals surface area contributed by atoms with Crippen molar-refractivity contribution in [3.8, 4) is 0 Å². The number of sulfonamides is 1. The quantitative estimate of drug-likeness (QED) is 0.787. The minimum absolute atomic E-state index is 0.178. The van der Waals surface area contributed by atoms with E-state index in [1.54, 1.807) is 18.2 Å². The van der Waals surface area contributed by atoms with E-state index in [4.69, 9.17) is 0 Å². The third-order valence-electron chi connectivity index (χ3n) is 6.05. The fourth-order valence-electron chi connectivity index (χ4n) is 3.97. The minimum atomic E-state index is -3.14. The second-order valence-electron chi connectivity index (χ2n) is 8.03. The summed E-state index contributed by atoms with van der Waals surface area (Å²) in [6.07, 6.45) is 6.98. The molecule has 1 saturated carbocycles.